The van der Waals surface area contributed by atoms with Crippen LogP contribution < -0.4 is 20.3 Å². The van der Waals surface area contributed by atoms with Crippen LogP contribution in [0, 0.1) is 13.8 Å². The maximum absolute atomic E-state index is 12.6. The Bertz CT molecular complexity index is 1330. The Morgan fingerprint density at radius 2 is 1.88 bits per heavy atom. The lowest BCUT2D eigenvalue weighted by molar-refractivity contribution is 0.102. The number of carbonyl (C=O) groups is 1. The smallest absolute Gasteiger partial charge is 0.258 e. The van der Waals surface area contributed by atoms with Crippen molar-refractivity contribution in [3.05, 3.63) is 86.8 Å². The number of nitrogens with one attached hydrogen (secondary N) is 1. The summed E-state index contributed by atoms with van der Waals surface area (Å²) in [4.78, 5) is 31.0. The van der Waals surface area contributed by atoms with Crippen molar-refractivity contribution in [2.24, 2.45) is 0 Å². The van der Waals surface area contributed by atoms with E-state index in [9.17, 15) is 9.59 Å². The van der Waals surface area contributed by atoms with E-state index in [-0.39, 0.29) is 18.1 Å². The van der Waals surface area contributed by atoms with Gasteiger partial charge in [0.1, 0.15) is 18.1 Å². The maximum Gasteiger partial charge on any atom is 0.258 e. The molecule has 0 unspecified atom stereocenters. The maximum atomic E-state index is 12.6. The molecule has 164 valence electrons. The van der Waals surface area contributed by atoms with Gasteiger partial charge in [-0.25, -0.2) is 4.98 Å². The summed E-state index contributed by atoms with van der Waals surface area (Å²) in [6.45, 7) is 6.49. The zero-order chi connectivity index (χ0) is 22.7. The molecule has 2 aromatic heterocycles. The van der Waals surface area contributed by atoms with Crippen molar-refractivity contribution in [3.8, 4) is 11.5 Å². The molecule has 0 saturated heterocycles. The summed E-state index contributed by atoms with van der Waals surface area (Å²) in [5.74, 6) is 1.11. The molecule has 0 spiro atoms. The van der Waals surface area contributed by atoms with Crippen molar-refractivity contribution >= 4 is 27.9 Å². The Morgan fingerprint density at radius 3 is 2.62 bits per heavy atom. The Morgan fingerprint density at radius 1 is 1.09 bits per heavy atom. The third kappa shape index (κ3) is 4.81. The molecule has 2 heterocycles. The number of amides is 1. The van der Waals surface area contributed by atoms with Gasteiger partial charge in [-0.2, -0.15) is 0 Å². The van der Waals surface area contributed by atoms with Gasteiger partial charge in [0.2, 0.25) is 0 Å². The quantitative estimate of drug-likeness (QED) is 0.446. The van der Waals surface area contributed by atoms with Crippen molar-refractivity contribution in [2.45, 2.75) is 27.4 Å². The number of benzene rings is 2. The molecule has 2 aromatic carbocycles. The second kappa shape index (κ2) is 9.23. The lowest BCUT2D eigenvalue weighted by Gasteiger charge is -2.12. The molecule has 0 aliphatic carbocycles. The van der Waals surface area contributed by atoms with Gasteiger partial charge in [0.25, 0.3) is 11.5 Å². The fraction of sp³-hybridized carbons (Fsp3) is 0.208. The summed E-state index contributed by atoms with van der Waals surface area (Å²) in [6, 6.07) is 13.9. The first-order valence-electron chi connectivity index (χ1n) is 10.2. The predicted octanol–water partition coefficient (Wildman–Crippen LogP) is 4.60. The number of fused-ring (bicyclic) bond motifs is 1. The van der Waals surface area contributed by atoms with E-state index >= 15 is 0 Å². The molecule has 1 amide bonds. The molecule has 0 radical (unpaired) electrons. The molecular weight excluding hydrogens is 426 g/mol. The van der Waals surface area contributed by atoms with E-state index in [1.807, 2.05) is 32.9 Å². The number of nitrogens with zero attached hydrogens (tertiary/aromatic N) is 2. The number of thiazole rings is 1. The Balaban J connectivity index is 1.46. The molecule has 0 fully saturated rings. The zero-order valence-corrected chi connectivity index (χ0v) is 18.9. The molecule has 0 saturated carbocycles. The molecule has 7 nitrogen and oxygen atoms in total. The highest BCUT2D eigenvalue weighted by Gasteiger charge is 2.10. The average Bonchev–Trinajstić information content (AvgIpc) is 3.15. The lowest BCUT2D eigenvalue weighted by atomic mass is 10.1. The van der Waals surface area contributed by atoms with Crippen molar-refractivity contribution in [3.63, 3.8) is 0 Å². The topological polar surface area (TPSA) is 81.9 Å². The van der Waals surface area contributed by atoms with Crippen LogP contribution in [0.15, 0.2) is 59.5 Å². The standard InChI is InChI=1S/C24H23N3O4S/c1-4-30-20-9-6-17(7-10-20)23(29)25-18-8-5-15(2)21(11-18)31-14-19-12-22(28)27-13-16(3)32-24(27)26-19/h5-13H,4,14H2,1-3H3,(H,25,29). The minimum Gasteiger partial charge on any atom is -0.494 e. The average molecular weight is 450 g/mol. The van der Waals surface area contributed by atoms with Gasteiger partial charge in [-0.3, -0.25) is 14.0 Å². The van der Waals surface area contributed by atoms with Crippen LogP contribution in [-0.4, -0.2) is 21.9 Å². The van der Waals surface area contributed by atoms with Crippen LogP contribution in [-0.2, 0) is 6.61 Å². The van der Waals surface area contributed by atoms with Gasteiger partial charge in [-0.05, 0) is 56.7 Å². The highest BCUT2D eigenvalue weighted by molar-refractivity contribution is 7.16. The number of hydrogen-bond acceptors (Lipinski definition) is 6. The summed E-state index contributed by atoms with van der Waals surface area (Å²) < 4.78 is 12.9. The van der Waals surface area contributed by atoms with Gasteiger partial charge in [-0.1, -0.05) is 6.07 Å². The van der Waals surface area contributed by atoms with E-state index in [0.717, 1.165) is 16.2 Å². The fourth-order valence-electron chi connectivity index (χ4n) is 3.19. The number of rotatable bonds is 7. The van der Waals surface area contributed by atoms with Crippen LogP contribution in [0.5, 0.6) is 11.5 Å². The third-order valence-corrected chi connectivity index (χ3v) is 5.68. The van der Waals surface area contributed by atoms with E-state index in [1.165, 1.54) is 21.8 Å². The Labute approximate surface area is 189 Å². The summed E-state index contributed by atoms with van der Waals surface area (Å²) in [5.41, 5.74) is 2.47. The molecule has 0 atom stereocenters. The third-order valence-electron chi connectivity index (χ3n) is 4.79. The van der Waals surface area contributed by atoms with E-state index in [4.69, 9.17) is 9.47 Å². The number of aromatic nitrogens is 2. The Kier molecular flexibility index (Phi) is 6.23. The van der Waals surface area contributed by atoms with Crippen LogP contribution in [0.1, 0.15) is 33.4 Å². The van der Waals surface area contributed by atoms with Crippen LogP contribution >= 0.6 is 11.3 Å². The van der Waals surface area contributed by atoms with Gasteiger partial charge < -0.3 is 14.8 Å². The minimum absolute atomic E-state index is 0.133. The zero-order valence-electron chi connectivity index (χ0n) is 18.0. The predicted molar refractivity (Wildman–Crippen MR) is 125 cm³/mol. The van der Waals surface area contributed by atoms with Gasteiger partial charge in [0, 0.05) is 34.5 Å². The van der Waals surface area contributed by atoms with Crippen LogP contribution in [0.2, 0.25) is 0 Å². The normalized spacial score (nSPS) is 10.8. The molecule has 32 heavy (non-hydrogen) atoms. The van der Waals surface area contributed by atoms with Gasteiger partial charge in [0.05, 0.1) is 12.3 Å². The number of anilines is 1. The first-order chi connectivity index (χ1) is 15.4. The molecule has 1 N–H and O–H groups in total. The van der Waals surface area contributed by atoms with E-state index < -0.39 is 0 Å². The number of hydrogen-bond donors (Lipinski definition) is 1. The van der Waals surface area contributed by atoms with Gasteiger partial charge in [-0.15, -0.1) is 11.3 Å². The van der Waals surface area contributed by atoms with Crippen LogP contribution in [0.3, 0.4) is 0 Å². The summed E-state index contributed by atoms with van der Waals surface area (Å²) in [6.07, 6.45) is 1.78. The molecule has 8 heteroatoms. The molecule has 0 aliphatic rings. The molecule has 4 rings (SSSR count). The number of ether oxygens (including phenoxy) is 2. The number of carbonyl (C=O) groups excluding carboxylic acids is 1. The van der Waals surface area contributed by atoms with Crippen molar-refractivity contribution in [1.29, 1.82) is 0 Å². The monoisotopic (exact) mass is 449 g/mol. The molecule has 4 aromatic rings. The summed E-state index contributed by atoms with van der Waals surface area (Å²) in [7, 11) is 0. The molecule has 0 aliphatic heterocycles. The lowest BCUT2D eigenvalue weighted by Crippen LogP contribution is -2.14. The number of aryl methyl sites for hydroxylation is 2. The Hall–Kier alpha value is -3.65. The minimum atomic E-state index is -0.226. The highest BCUT2D eigenvalue weighted by Crippen LogP contribution is 2.24. The van der Waals surface area contributed by atoms with E-state index in [2.05, 4.69) is 10.3 Å². The molecular formula is C24H23N3O4S. The second-order valence-corrected chi connectivity index (χ2v) is 8.47. The molecule has 0 bridgehead atoms. The summed E-state index contributed by atoms with van der Waals surface area (Å²) in [5, 5.41) is 2.88. The van der Waals surface area contributed by atoms with Gasteiger partial charge in [0.15, 0.2) is 4.96 Å². The van der Waals surface area contributed by atoms with Crippen LogP contribution in [0.4, 0.5) is 5.69 Å². The van der Waals surface area contributed by atoms with Crippen molar-refractivity contribution < 1.29 is 14.3 Å². The fourth-order valence-corrected chi connectivity index (χ4v) is 4.04. The SMILES string of the molecule is CCOc1ccc(C(=O)Nc2ccc(C)c(OCc3cc(=O)n4cc(C)sc4n3)c2)cc1. The van der Waals surface area contributed by atoms with E-state index in [1.54, 1.807) is 36.5 Å². The first kappa shape index (κ1) is 21.6. The first-order valence-corrected chi connectivity index (χ1v) is 11.0. The second-order valence-electron chi connectivity index (χ2n) is 7.26. The highest BCUT2D eigenvalue weighted by atomic mass is 32.1. The van der Waals surface area contributed by atoms with Gasteiger partial charge >= 0.3 is 0 Å². The van der Waals surface area contributed by atoms with Crippen molar-refractivity contribution in [1.82, 2.24) is 9.38 Å². The van der Waals surface area contributed by atoms with Crippen molar-refractivity contribution in [2.75, 3.05) is 11.9 Å². The summed E-state index contributed by atoms with van der Waals surface area (Å²) >= 11 is 1.46. The van der Waals surface area contributed by atoms with E-state index in [0.29, 0.717) is 34.3 Å². The van der Waals surface area contributed by atoms with Crippen LogP contribution in [0.25, 0.3) is 4.96 Å². The largest absolute Gasteiger partial charge is 0.494 e.